The Morgan fingerprint density at radius 2 is 1.89 bits per heavy atom. The first-order valence-electron chi connectivity index (χ1n) is 9.72. The van der Waals surface area contributed by atoms with Gasteiger partial charge in [-0.25, -0.2) is 9.67 Å². The lowest BCUT2D eigenvalue weighted by Crippen LogP contribution is -2.36. The van der Waals surface area contributed by atoms with Gasteiger partial charge < -0.3 is 5.32 Å². The van der Waals surface area contributed by atoms with Crippen LogP contribution in [-0.4, -0.2) is 26.7 Å². The number of amides is 1. The lowest BCUT2D eigenvalue weighted by atomic mass is 9.95. The molecule has 0 unspecified atom stereocenters. The molecule has 6 heteroatoms. The predicted molar refractivity (Wildman–Crippen MR) is 111 cm³/mol. The Labute approximate surface area is 169 Å². The molecule has 1 N–H and O–H groups in total. The van der Waals surface area contributed by atoms with Crippen molar-refractivity contribution in [2.75, 3.05) is 0 Å². The van der Waals surface area contributed by atoms with Gasteiger partial charge in [-0.3, -0.25) is 4.79 Å². The Bertz CT molecular complexity index is 992. The molecule has 1 amide bonds. The molecule has 4 rings (SSSR count). The van der Waals surface area contributed by atoms with Crippen LogP contribution in [0.3, 0.4) is 0 Å². The Hall–Kier alpha value is -2.66. The van der Waals surface area contributed by atoms with Crippen molar-refractivity contribution in [1.82, 2.24) is 20.1 Å². The lowest BCUT2D eigenvalue weighted by molar-refractivity contribution is 0.0917. The molecular weight excluding hydrogens is 372 g/mol. The van der Waals surface area contributed by atoms with E-state index in [-0.39, 0.29) is 17.8 Å². The topological polar surface area (TPSA) is 59.8 Å². The summed E-state index contributed by atoms with van der Waals surface area (Å²) in [5.74, 6) is 0.567. The summed E-state index contributed by atoms with van der Waals surface area (Å²) in [6, 6.07) is 15.6. The normalized spacial score (nSPS) is 14.8. The van der Waals surface area contributed by atoms with Crippen LogP contribution in [0.25, 0.3) is 17.1 Å². The largest absolute Gasteiger partial charge is 0.347 e. The molecular formula is C22H23ClN4O. The second-order valence-electron chi connectivity index (χ2n) is 7.28. The molecule has 0 saturated heterocycles. The molecule has 0 spiro atoms. The molecule has 2 aromatic carbocycles. The molecule has 1 aliphatic carbocycles. The number of hydrogen-bond acceptors (Lipinski definition) is 3. The van der Waals surface area contributed by atoms with Gasteiger partial charge in [0.25, 0.3) is 5.91 Å². The van der Waals surface area contributed by atoms with Gasteiger partial charge >= 0.3 is 0 Å². The summed E-state index contributed by atoms with van der Waals surface area (Å²) in [5, 5.41) is 8.28. The van der Waals surface area contributed by atoms with Gasteiger partial charge in [0.15, 0.2) is 5.82 Å². The molecule has 1 aliphatic rings. The maximum Gasteiger partial charge on any atom is 0.291 e. The van der Waals surface area contributed by atoms with Crippen LogP contribution in [0.5, 0.6) is 0 Å². The van der Waals surface area contributed by atoms with E-state index in [0.717, 1.165) is 42.5 Å². The molecule has 1 heterocycles. The number of carbonyl (C=O) groups is 1. The van der Waals surface area contributed by atoms with Gasteiger partial charge in [-0.05, 0) is 43.5 Å². The molecule has 3 aromatic rings. The lowest BCUT2D eigenvalue weighted by Gasteiger charge is -2.21. The van der Waals surface area contributed by atoms with Gasteiger partial charge in [0.1, 0.15) is 0 Å². The van der Waals surface area contributed by atoms with E-state index in [1.54, 1.807) is 4.68 Å². The highest BCUT2D eigenvalue weighted by Crippen LogP contribution is 2.25. The van der Waals surface area contributed by atoms with Gasteiger partial charge in [0, 0.05) is 16.6 Å². The van der Waals surface area contributed by atoms with Crippen molar-refractivity contribution in [2.24, 2.45) is 0 Å². The third-order valence-electron chi connectivity index (χ3n) is 5.18. The number of hydrogen-bond donors (Lipinski definition) is 1. The third kappa shape index (κ3) is 3.94. The first kappa shape index (κ1) is 18.7. The van der Waals surface area contributed by atoms with Crippen molar-refractivity contribution in [3.63, 3.8) is 0 Å². The van der Waals surface area contributed by atoms with Crippen molar-refractivity contribution in [1.29, 1.82) is 0 Å². The summed E-state index contributed by atoms with van der Waals surface area (Å²) in [4.78, 5) is 17.4. The van der Waals surface area contributed by atoms with Crippen LogP contribution in [0.4, 0.5) is 0 Å². The average Bonchev–Trinajstić information content (AvgIpc) is 3.14. The summed E-state index contributed by atoms with van der Waals surface area (Å²) in [7, 11) is 0. The fourth-order valence-corrected chi connectivity index (χ4v) is 3.88. The van der Waals surface area contributed by atoms with E-state index in [9.17, 15) is 4.79 Å². The number of aryl methyl sites for hydroxylation is 1. The second-order valence-corrected chi connectivity index (χ2v) is 7.71. The van der Waals surface area contributed by atoms with Gasteiger partial charge in [-0.2, -0.15) is 0 Å². The molecule has 5 nitrogen and oxygen atoms in total. The molecule has 0 bridgehead atoms. The Morgan fingerprint density at radius 1 is 1.11 bits per heavy atom. The van der Waals surface area contributed by atoms with Crippen molar-refractivity contribution in [3.8, 4) is 17.1 Å². The number of halogens is 1. The van der Waals surface area contributed by atoms with E-state index in [1.165, 1.54) is 6.42 Å². The van der Waals surface area contributed by atoms with Crippen LogP contribution in [-0.2, 0) is 0 Å². The smallest absolute Gasteiger partial charge is 0.291 e. The van der Waals surface area contributed by atoms with Crippen LogP contribution in [0.15, 0.2) is 48.5 Å². The Balaban J connectivity index is 1.73. The Kier molecular flexibility index (Phi) is 5.44. The first-order valence-corrected chi connectivity index (χ1v) is 10.1. The van der Waals surface area contributed by atoms with E-state index in [2.05, 4.69) is 15.4 Å². The quantitative estimate of drug-likeness (QED) is 0.680. The molecule has 1 fully saturated rings. The standard InChI is InChI=1S/C22H23ClN4O/c1-15-8-5-6-13-19(15)27-21(16-9-7-10-17(23)14-16)25-20(26-27)22(28)24-18-11-3-2-4-12-18/h5-10,13-14,18H,2-4,11-12H2,1H3,(H,24,28). The summed E-state index contributed by atoms with van der Waals surface area (Å²) >= 11 is 6.19. The van der Waals surface area contributed by atoms with Crippen molar-refractivity contribution < 1.29 is 4.79 Å². The van der Waals surface area contributed by atoms with Gasteiger partial charge in [0.05, 0.1) is 5.69 Å². The molecule has 0 atom stereocenters. The molecule has 1 saturated carbocycles. The summed E-state index contributed by atoms with van der Waals surface area (Å²) in [5.41, 5.74) is 2.76. The number of nitrogens with one attached hydrogen (secondary N) is 1. The highest BCUT2D eigenvalue weighted by molar-refractivity contribution is 6.30. The maximum absolute atomic E-state index is 12.8. The molecule has 144 valence electrons. The molecule has 0 radical (unpaired) electrons. The maximum atomic E-state index is 12.8. The highest BCUT2D eigenvalue weighted by Gasteiger charge is 2.22. The van der Waals surface area contributed by atoms with Gasteiger partial charge in [-0.1, -0.05) is 61.2 Å². The zero-order valence-corrected chi connectivity index (χ0v) is 16.6. The third-order valence-corrected chi connectivity index (χ3v) is 5.41. The zero-order valence-electron chi connectivity index (χ0n) is 15.9. The molecule has 1 aromatic heterocycles. The minimum atomic E-state index is -0.220. The van der Waals surface area contributed by atoms with Crippen LogP contribution in [0, 0.1) is 6.92 Å². The van der Waals surface area contributed by atoms with Crippen molar-refractivity contribution >= 4 is 17.5 Å². The number of aromatic nitrogens is 3. The van der Waals surface area contributed by atoms with Crippen LogP contribution in [0.2, 0.25) is 5.02 Å². The summed E-state index contributed by atoms with van der Waals surface area (Å²) in [6.45, 7) is 2.01. The average molecular weight is 395 g/mol. The Morgan fingerprint density at radius 3 is 2.64 bits per heavy atom. The SMILES string of the molecule is Cc1ccccc1-n1nc(C(=O)NC2CCCCC2)nc1-c1cccc(Cl)c1. The minimum Gasteiger partial charge on any atom is -0.347 e. The molecule has 0 aliphatic heterocycles. The fraction of sp³-hybridized carbons (Fsp3) is 0.318. The number of benzene rings is 2. The van der Waals surface area contributed by atoms with Crippen molar-refractivity contribution in [2.45, 2.75) is 45.1 Å². The fourth-order valence-electron chi connectivity index (χ4n) is 3.69. The number of para-hydroxylation sites is 1. The minimum absolute atomic E-state index is 0.184. The predicted octanol–water partition coefficient (Wildman–Crippen LogP) is 4.96. The second kappa shape index (κ2) is 8.15. The van der Waals surface area contributed by atoms with Crippen LogP contribution < -0.4 is 5.32 Å². The van der Waals surface area contributed by atoms with E-state index < -0.39 is 0 Å². The van der Waals surface area contributed by atoms with Crippen molar-refractivity contribution in [3.05, 3.63) is 64.9 Å². The molecule has 28 heavy (non-hydrogen) atoms. The number of rotatable bonds is 4. The van der Waals surface area contributed by atoms with Gasteiger partial charge in [0.2, 0.25) is 5.82 Å². The van der Waals surface area contributed by atoms with E-state index >= 15 is 0 Å². The highest BCUT2D eigenvalue weighted by atomic mass is 35.5. The number of carbonyl (C=O) groups excluding carboxylic acids is 1. The first-order chi connectivity index (χ1) is 13.6. The number of nitrogens with zero attached hydrogens (tertiary/aromatic N) is 3. The van der Waals surface area contributed by atoms with E-state index in [1.807, 2.05) is 55.5 Å². The van der Waals surface area contributed by atoms with Gasteiger partial charge in [-0.15, -0.1) is 5.10 Å². The van der Waals surface area contributed by atoms with Crippen LogP contribution in [0.1, 0.15) is 48.3 Å². The monoisotopic (exact) mass is 394 g/mol. The summed E-state index contributed by atoms with van der Waals surface area (Å²) in [6.07, 6.45) is 5.59. The van der Waals surface area contributed by atoms with E-state index in [0.29, 0.717) is 10.8 Å². The van der Waals surface area contributed by atoms with E-state index in [4.69, 9.17) is 11.6 Å². The van der Waals surface area contributed by atoms with Crippen LogP contribution >= 0.6 is 11.6 Å². The zero-order chi connectivity index (χ0) is 19.5. The summed E-state index contributed by atoms with van der Waals surface area (Å²) < 4.78 is 1.73.